The fraction of sp³-hybridized carbons (Fsp3) is 0.346. The first-order chi connectivity index (χ1) is 15.7. The first kappa shape index (κ1) is 20.7. The number of aromatic amines is 1. The average Bonchev–Trinajstić information content (AvgIpc) is 3.06. The van der Waals surface area contributed by atoms with Crippen LogP contribution in [0.3, 0.4) is 0 Å². The summed E-state index contributed by atoms with van der Waals surface area (Å²) in [6, 6.07) is 10.2. The van der Waals surface area contributed by atoms with Gasteiger partial charge in [-0.05, 0) is 73.9 Å². The maximum Gasteiger partial charge on any atom is 0.328 e. The molecule has 4 nitrogen and oxygen atoms in total. The third-order valence-electron chi connectivity index (χ3n) is 7.90. The topological polar surface area (TPSA) is 56.3 Å². The Bertz CT molecular complexity index is 1310. The van der Waals surface area contributed by atoms with Gasteiger partial charge in [-0.15, -0.1) is 0 Å². The number of para-hydroxylation sites is 1. The van der Waals surface area contributed by atoms with E-state index in [-0.39, 0.29) is 22.7 Å². The Morgan fingerprint density at radius 1 is 1.21 bits per heavy atom. The van der Waals surface area contributed by atoms with Gasteiger partial charge < -0.3 is 10.1 Å². The number of carboxylic acid groups (broad SMARTS) is 1. The molecule has 1 aliphatic heterocycles. The van der Waals surface area contributed by atoms with Gasteiger partial charge in [0.25, 0.3) is 0 Å². The fourth-order valence-electron chi connectivity index (χ4n) is 6.63. The summed E-state index contributed by atoms with van der Waals surface area (Å²) in [6.07, 6.45) is 5.77. The molecular weight excluding hydrogens is 421 g/mol. The number of aromatic nitrogens is 1. The normalized spacial score (nSPS) is 30.8. The minimum atomic E-state index is -1.51. The molecule has 3 fully saturated rings. The van der Waals surface area contributed by atoms with E-state index < -0.39 is 23.0 Å². The molecule has 166 valence electrons. The molecule has 0 unspecified atom stereocenters. The van der Waals surface area contributed by atoms with Crippen molar-refractivity contribution in [3.63, 3.8) is 0 Å². The standard InChI is InChI=1S/C26H23BF2N2O2/c1-14-8-18-17-4-2-3-5-21(17)30-24(18)26(27,31(14)25-11-16(12-25)13-25)23-19(28)9-15(10-20(23)29)6-7-22(32)33/h2-7,9-10,14,16,30H,8,11-13H2,1H3,(H,32,33)/b7-6+/t14-,16?,25?,26-/m1/s1. The Balaban J connectivity index is 1.60. The second kappa shape index (κ2) is 6.79. The number of hydrogen-bond donors (Lipinski definition) is 2. The molecule has 2 aromatic carbocycles. The van der Waals surface area contributed by atoms with Crippen LogP contribution in [0.1, 0.15) is 48.6 Å². The fourth-order valence-corrected chi connectivity index (χ4v) is 6.63. The Labute approximate surface area is 191 Å². The number of halogens is 2. The van der Waals surface area contributed by atoms with Gasteiger partial charge in [-0.1, -0.05) is 18.2 Å². The Morgan fingerprint density at radius 3 is 2.48 bits per heavy atom. The molecular formula is C26H23BF2N2O2. The van der Waals surface area contributed by atoms with Crippen LogP contribution in [0, 0.1) is 17.6 Å². The summed E-state index contributed by atoms with van der Waals surface area (Å²) in [5.41, 5.74) is 0.813. The summed E-state index contributed by atoms with van der Waals surface area (Å²) in [5, 5.41) is 9.90. The minimum Gasteiger partial charge on any atom is -0.478 e. The van der Waals surface area contributed by atoms with Gasteiger partial charge in [0.2, 0.25) is 0 Å². The number of nitrogens with one attached hydrogen (secondary N) is 1. The lowest BCUT2D eigenvalue weighted by molar-refractivity contribution is -0.184. The van der Waals surface area contributed by atoms with E-state index in [0.717, 1.165) is 60.4 Å². The van der Waals surface area contributed by atoms with Gasteiger partial charge in [0.05, 0.1) is 5.44 Å². The van der Waals surface area contributed by atoms with Gasteiger partial charge in [0.1, 0.15) is 19.5 Å². The van der Waals surface area contributed by atoms with E-state index in [2.05, 4.69) is 16.8 Å². The smallest absolute Gasteiger partial charge is 0.328 e. The van der Waals surface area contributed by atoms with Crippen molar-refractivity contribution in [3.05, 3.63) is 76.5 Å². The van der Waals surface area contributed by atoms with Crippen molar-refractivity contribution in [3.8, 4) is 0 Å². The second-order valence-electron chi connectivity index (χ2n) is 9.95. The predicted molar refractivity (Wildman–Crippen MR) is 123 cm³/mol. The van der Waals surface area contributed by atoms with Crippen LogP contribution in [-0.4, -0.2) is 40.4 Å². The molecule has 2 heterocycles. The lowest BCUT2D eigenvalue weighted by Crippen LogP contribution is -2.76. The van der Waals surface area contributed by atoms with E-state index in [4.69, 9.17) is 13.0 Å². The summed E-state index contributed by atoms with van der Waals surface area (Å²) in [6.45, 7) is 2.09. The van der Waals surface area contributed by atoms with Crippen LogP contribution in [-0.2, 0) is 16.7 Å². The number of nitrogens with zero attached hydrogens (tertiary/aromatic N) is 1. The molecule has 0 amide bonds. The Kier molecular flexibility index (Phi) is 4.26. The third-order valence-corrected chi connectivity index (χ3v) is 7.90. The summed E-state index contributed by atoms with van der Waals surface area (Å²) < 4.78 is 31.4. The van der Waals surface area contributed by atoms with Gasteiger partial charge >= 0.3 is 5.97 Å². The lowest BCUT2D eigenvalue weighted by atomic mass is 9.46. The molecule has 3 aliphatic carbocycles. The van der Waals surface area contributed by atoms with E-state index in [1.54, 1.807) is 0 Å². The van der Waals surface area contributed by atoms with Crippen molar-refractivity contribution in [2.45, 2.75) is 49.6 Å². The van der Waals surface area contributed by atoms with Crippen molar-refractivity contribution < 1.29 is 18.7 Å². The van der Waals surface area contributed by atoms with Crippen molar-refractivity contribution >= 4 is 30.8 Å². The molecule has 33 heavy (non-hydrogen) atoms. The van der Waals surface area contributed by atoms with Crippen molar-refractivity contribution in [2.75, 3.05) is 0 Å². The SMILES string of the molecule is [B][C@@]1(c2c(F)cc(/C=C/C(=O)O)cc2F)c2[nH]c3ccccc3c2C[C@@H](C)N1C12CC(C1)C2. The molecule has 7 rings (SSSR count). The first-order valence-electron chi connectivity index (χ1n) is 11.3. The zero-order valence-electron chi connectivity index (χ0n) is 18.2. The Hall–Kier alpha value is -2.93. The van der Waals surface area contributed by atoms with Gasteiger partial charge in [0.15, 0.2) is 0 Å². The largest absolute Gasteiger partial charge is 0.478 e. The second-order valence-corrected chi connectivity index (χ2v) is 9.95. The molecule has 4 aliphatic rings. The maximum absolute atomic E-state index is 15.7. The molecule has 3 saturated carbocycles. The first-order valence-corrected chi connectivity index (χ1v) is 11.3. The zero-order chi connectivity index (χ0) is 23.1. The number of benzene rings is 2. The number of hydrogen-bond acceptors (Lipinski definition) is 2. The summed E-state index contributed by atoms with van der Waals surface area (Å²) in [4.78, 5) is 16.4. The number of carbonyl (C=O) groups is 1. The number of aliphatic carboxylic acids is 1. The zero-order valence-corrected chi connectivity index (χ0v) is 18.2. The highest BCUT2D eigenvalue weighted by Crippen LogP contribution is 2.65. The van der Waals surface area contributed by atoms with Crippen LogP contribution >= 0.6 is 0 Å². The highest BCUT2D eigenvalue weighted by Gasteiger charge is 2.66. The van der Waals surface area contributed by atoms with Gasteiger partial charge in [-0.25, -0.2) is 13.6 Å². The van der Waals surface area contributed by atoms with Gasteiger partial charge in [0, 0.05) is 39.8 Å². The van der Waals surface area contributed by atoms with Gasteiger partial charge in [-0.2, -0.15) is 0 Å². The molecule has 2 N–H and O–H groups in total. The van der Waals surface area contributed by atoms with Crippen LogP contribution in [0.5, 0.6) is 0 Å². The quantitative estimate of drug-likeness (QED) is 0.453. The molecule has 7 heteroatoms. The van der Waals surface area contributed by atoms with E-state index in [0.29, 0.717) is 11.6 Å². The molecule has 2 radical (unpaired) electrons. The molecule has 1 aromatic heterocycles. The monoisotopic (exact) mass is 444 g/mol. The van der Waals surface area contributed by atoms with Crippen LogP contribution < -0.4 is 0 Å². The van der Waals surface area contributed by atoms with Crippen molar-refractivity contribution in [2.24, 2.45) is 5.92 Å². The van der Waals surface area contributed by atoms with Gasteiger partial charge in [-0.3, -0.25) is 4.90 Å². The summed E-state index contributed by atoms with van der Waals surface area (Å²) in [7, 11) is 7.19. The Morgan fingerprint density at radius 2 is 1.88 bits per heavy atom. The number of carboxylic acids is 1. The lowest BCUT2D eigenvalue weighted by Gasteiger charge is -2.72. The van der Waals surface area contributed by atoms with Crippen LogP contribution in [0.15, 0.2) is 42.5 Å². The van der Waals surface area contributed by atoms with Crippen LogP contribution in [0.2, 0.25) is 0 Å². The van der Waals surface area contributed by atoms with E-state index in [9.17, 15) is 4.79 Å². The average molecular weight is 444 g/mol. The minimum absolute atomic E-state index is 0.00617. The molecule has 2 bridgehead atoms. The van der Waals surface area contributed by atoms with E-state index >= 15 is 8.78 Å². The number of rotatable bonds is 4. The summed E-state index contributed by atoms with van der Waals surface area (Å²) in [5.74, 6) is -2.08. The molecule has 2 atom stereocenters. The van der Waals surface area contributed by atoms with E-state index in [1.807, 2.05) is 24.3 Å². The van der Waals surface area contributed by atoms with E-state index in [1.165, 1.54) is 6.08 Å². The predicted octanol–water partition coefficient (Wildman–Crippen LogP) is 4.71. The molecule has 3 aromatic rings. The summed E-state index contributed by atoms with van der Waals surface area (Å²) >= 11 is 0. The molecule has 0 saturated heterocycles. The van der Waals surface area contributed by atoms with Crippen molar-refractivity contribution in [1.82, 2.24) is 9.88 Å². The number of fused-ring (bicyclic) bond motifs is 3. The third kappa shape index (κ3) is 2.75. The van der Waals surface area contributed by atoms with Crippen molar-refractivity contribution in [1.29, 1.82) is 0 Å². The maximum atomic E-state index is 15.7. The highest BCUT2D eigenvalue weighted by molar-refractivity contribution is 6.18. The number of H-pyrrole nitrogens is 1. The van der Waals surface area contributed by atoms with Crippen LogP contribution in [0.4, 0.5) is 8.78 Å². The molecule has 0 spiro atoms. The highest BCUT2D eigenvalue weighted by atomic mass is 19.1. The van der Waals surface area contributed by atoms with Crippen LogP contribution in [0.25, 0.3) is 17.0 Å².